The third-order valence-electron chi connectivity index (χ3n) is 18.1. The van der Waals surface area contributed by atoms with E-state index in [1.807, 2.05) is 6.08 Å². The maximum absolute atomic E-state index is 12.9. The molecule has 0 spiro atoms. The zero-order valence-corrected chi connectivity index (χ0v) is 83.9. The molecule has 6 rings (SSSR count). The topological polar surface area (TPSA) is 307 Å². The number of carbonyl (C=O) groups excluding carboxylic acids is 9. The number of anilines is 3. The Morgan fingerprint density at radius 3 is 1.01 bits per heavy atom. The molecule has 3 atom stereocenters. The molecule has 0 radical (unpaired) electrons. The number of amides is 6. The summed E-state index contributed by atoms with van der Waals surface area (Å²) in [6, 6.07) is 22.1. The molecule has 3 aromatic rings. The van der Waals surface area contributed by atoms with Gasteiger partial charge in [0, 0.05) is 74.8 Å². The average Bonchev–Trinajstić information content (AvgIpc) is 1.69. The number of ether oxygens (including phenoxy) is 2. The number of aliphatic carboxylic acids is 1. The minimum Gasteiger partial charge on any atom is -1.00 e. The van der Waals surface area contributed by atoms with Crippen LogP contribution in [0.5, 0.6) is 0 Å². The normalized spacial score (nSPS) is 14.4. The van der Waals surface area contributed by atoms with Crippen molar-refractivity contribution in [3.8, 4) is 0 Å². The smallest absolute Gasteiger partial charge is 1.00 e. The Morgan fingerprint density at radius 1 is 0.483 bits per heavy atom. The van der Waals surface area contributed by atoms with E-state index < -0.39 is 21.7 Å². The molecule has 656 valence electrons. The van der Waals surface area contributed by atoms with Gasteiger partial charge in [0.2, 0.25) is 35.4 Å². The summed E-state index contributed by atoms with van der Waals surface area (Å²) in [4.78, 5) is 141. The number of hydrogen-bond donors (Lipinski definition) is 1. The third kappa shape index (κ3) is 61.8. The van der Waals surface area contributed by atoms with Gasteiger partial charge in [0.15, 0.2) is 9.76 Å². The molecule has 0 bridgehead atoms. The molecule has 29 heteroatoms. The van der Waals surface area contributed by atoms with Crippen LogP contribution in [-0.4, -0.2) is 146 Å². The van der Waals surface area contributed by atoms with Gasteiger partial charge in [-0.15, -0.1) is 13.2 Å². The van der Waals surface area contributed by atoms with E-state index in [2.05, 4.69) is 78.7 Å². The Hall–Kier alpha value is -4.43. The van der Waals surface area contributed by atoms with Crippen LogP contribution in [0.15, 0.2) is 116 Å². The third-order valence-corrected chi connectivity index (χ3v) is 19.8. The van der Waals surface area contributed by atoms with E-state index in [-0.39, 0.29) is 184 Å². The molecule has 0 aliphatic carbocycles. The van der Waals surface area contributed by atoms with E-state index in [0.717, 1.165) is 116 Å². The maximum Gasteiger partial charge on any atom is 1.00 e. The van der Waals surface area contributed by atoms with E-state index in [1.54, 1.807) is 105 Å². The first-order valence-electron chi connectivity index (χ1n) is 40.8. The first-order chi connectivity index (χ1) is 55.7. The molecule has 3 saturated heterocycles. The van der Waals surface area contributed by atoms with Crippen LogP contribution >= 0.6 is 15.9 Å². The van der Waals surface area contributed by atoms with Crippen LogP contribution in [0.4, 0.5) is 17.1 Å². The summed E-state index contributed by atoms with van der Waals surface area (Å²) < 4.78 is 19.8. The number of carbonyl (C=O) groups is 10. The number of allylic oxidation sites excluding steroid dienone is 1. The average molecular weight is 1800 g/mol. The van der Waals surface area contributed by atoms with Crippen molar-refractivity contribution in [2.45, 2.75) is 253 Å². The SMILES string of the molecule is C.C=CCCBr.C=CCCOC(=O)C=Cc1ccc(N2C(=O)CC(CCCCCCCCCC)C2=O)cc1.CCCCCCCCCCC1CC(=O)N(c2ccc(C=CC(=O)O)cc2)C1=O.CCCCCCCCCCC1CC(=O)N(c2ccc(C=CC(=O)OCCCC[SiH2]OC)cc2)C1=O.COOC.COOC.CO[SiH3].O=CO[O-].[H-].[K+].[K+]. The number of halogens is 1. The first-order valence-corrected chi connectivity index (χ1v) is 44.3. The quantitative estimate of drug-likeness (QED) is 0.00524. The van der Waals surface area contributed by atoms with Gasteiger partial charge in [-0.1, -0.05) is 253 Å². The summed E-state index contributed by atoms with van der Waals surface area (Å²) in [6.45, 7) is 14.3. The summed E-state index contributed by atoms with van der Waals surface area (Å²) >= 11 is 3.24. The number of hydrogen-bond acceptors (Lipinski definition) is 20. The van der Waals surface area contributed by atoms with Crippen LogP contribution in [0.25, 0.3) is 18.2 Å². The number of imide groups is 3. The van der Waals surface area contributed by atoms with Crippen molar-refractivity contribution >= 4 is 131 Å². The summed E-state index contributed by atoms with van der Waals surface area (Å²) in [5.74, 6) is -3.10. The fourth-order valence-electron chi connectivity index (χ4n) is 12.0. The van der Waals surface area contributed by atoms with Gasteiger partial charge < -0.3 is 35.0 Å². The summed E-state index contributed by atoms with van der Waals surface area (Å²) in [7, 11) is 9.73. The molecule has 3 unspecified atom stereocenters. The predicted octanol–water partition coefficient (Wildman–Crippen LogP) is 11.5. The van der Waals surface area contributed by atoms with Gasteiger partial charge in [0.05, 0.1) is 58.7 Å². The molecular weight excluding hydrogens is 1660 g/mol. The van der Waals surface area contributed by atoms with Gasteiger partial charge >= 0.3 is 121 Å². The number of rotatable bonds is 50. The molecular formula is C89H142BrK2N3O21Si2. The largest absolute Gasteiger partial charge is 1.00 e. The van der Waals surface area contributed by atoms with E-state index in [9.17, 15) is 43.2 Å². The van der Waals surface area contributed by atoms with Crippen LogP contribution < -0.4 is 123 Å². The number of carboxylic acids is 1. The van der Waals surface area contributed by atoms with Crippen LogP contribution in [0.2, 0.25) is 6.04 Å². The van der Waals surface area contributed by atoms with Crippen molar-refractivity contribution in [1.29, 1.82) is 0 Å². The fourth-order valence-corrected chi connectivity index (χ4v) is 13.1. The van der Waals surface area contributed by atoms with Gasteiger partial charge in [-0.3, -0.25) is 48.3 Å². The molecule has 0 aromatic heterocycles. The Kier molecular flexibility index (Phi) is 89.1. The van der Waals surface area contributed by atoms with Crippen molar-refractivity contribution in [2.75, 3.05) is 75.9 Å². The van der Waals surface area contributed by atoms with Gasteiger partial charge in [-0.25, -0.2) is 33.9 Å². The Bertz CT molecular complexity index is 3210. The summed E-state index contributed by atoms with van der Waals surface area (Å²) in [6.07, 6.45) is 48.3. The molecule has 3 aliphatic heterocycles. The van der Waals surface area contributed by atoms with Gasteiger partial charge in [-0.2, -0.15) is 0 Å². The monoisotopic (exact) mass is 1800 g/mol. The molecule has 3 fully saturated rings. The van der Waals surface area contributed by atoms with Gasteiger partial charge in [0.25, 0.3) is 6.47 Å². The van der Waals surface area contributed by atoms with Crippen LogP contribution in [0.3, 0.4) is 0 Å². The predicted molar refractivity (Wildman–Crippen MR) is 472 cm³/mol. The minimum atomic E-state index is -1.02. The molecule has 3 heterocycles. The van der Waals surface area contributed by atoms with Crippen molar-refractivity contribution in [3.63, 3.8) is 0 Å². The number of esters is 2. The van der Waals surface area contributed by atoms with Crippen molar-refractivity contribution < 1.29 is 205 Å². The second-order valence-corrected chi connectivity index (χ2v) is 30.6. The minimum absolute atomic E-state index is 0. The Morgan fingerprint density at radius 2 is 0.763 bits per heavy atom. The van der Waals surface area contributed by atoms with E-state index in [0.29, 0.717) is 55.1 Å². The first kappa shape index (κ1) is 122. The fraction of sp³-hybridized carbons (Fsp3) is 0.573. The molecule has 3 aromatic carbocycles. The molecule has 24 nitrogen and oxygen atoms in total. The van der Waals surface area contributed by atoms with Crippen molar-refractivity contribution in [2.24, 2.45) is 17.8 Å². The molecule has 1 N–H and O–H groups in total. The van der Waals surface area contributed by atoms with Crippen LogP contribution in [0, 0.1) is 17.8 Å². The second kappa shape index (κ2) is 86.1. The number of unbranched alkanes of at least 4 members (excludes halogenated alkanes) is 22. The Balaban J connectivity index is -0.000000355. The van der Waals surface area contributed by atoms with Crippen molar-refractivity contribution in [3.05, 3.63) is 133 Å². The molecule has 3 aliphatic rings. The van der Waals surface area contributed by atoms with Gasteiger partial charge in [0.1, 0.15) is 10.5 Å². The van der Waals surface area contributed by atoms with E-state index in [4.69, 9.17) is 29.1 Å². The second-order valence-electron chi connectivity index (χ2n) is 27.3. The Labute approximate surface area is 807 Å². The van der Waals surface area contributed by atoms with E-state index >= 15 is 0 Å². The number of carboxylic acid groups (broad SMARTS) is 1. The number of benzene rings is 3. The molecule has 118 heavy (non-hydrogen) atoms. The number of nitrogens with zero attached hydrogens (tertiary/aromatic N) is 3. The van der Waals surface area contributed by atoms with Crippen molar-refractivity contribution in [1.82, 2.24) is 0 Å². The van der Waals surface area contributed by atoms with E-state index in [1.165, 1.54) is 177 Å². The standard InChI is InChI=1S/C28H43NO5Si.C27H37NO4.C23H31NO4.C4H7Br.2C2H6O2.CH2O3.CH6OSi.CH4.2K.H/c1-3-4-5-6-7-8-9-10-13-24-22-26(30)29(28(24)32)25-17-14-23(15-18-25)16-19-27(31)34-20-11-12-21-35-33-2;1-3-5-7-8-9-10-11-12-13-23-21-25(29)28(27(23)31)24-17-14-22(15-18-24)16-19-26(30)32-20-6-4-2;1-2-3-4-5-6-7-8-9-10-19-17-21(25)24(23(19)28)20-14-11-18(12-15-20)13-16-22(26)27;1-2-3-4-5;2*1-3-4-2;2-1-4-3;1-2-3;;;;/h14-19,24H,3-13,20-22,35H2,1-2H3;4,14-19,23H,2-3,5-13,20-21H2,1H3;11-16,19H,2-10,17H2,1H3,(H,26,27);2H,1,3-4H2;2*1-2H3;1,3H;1,3H3;1H4;;;/q;;;;;;;;;2*+1;-1/p-1. The maximum atomic E-state index is 12.9. The van der Waals surface area contributed by atoms with Gasteiger partial charge in [-0.05, 0) is 116 Å². The summed E-state index contributed by atoms with van der Waals surface area (Å²) in [5.41, 5.74) is 4.05. The van der Waals surface area contributed by atoms with Crippen LogP contribution in [-0.2, 0) is 90.7 Å². The summed E-state index contributed by atoms with van der Waals surface area (Å²) in [5, 5.41) is 18.1. The zero-order chi connectivity index (χ0) is 85.9. The number of alkyl halides is 1. The van der Waals surface area contributed by atoms with Crippen LogP contribution in [0.1, 0.15) is 265 Å². The molecule has 6 amide bonds. The molecule has 0 saturated carbocycles. The zero-order valence-electron chi connectivity index (χ0n) is 73.7.